The van der Waals surface area contributed by atoms with Crippen molar-refractivity contribution in [1.29, 1.82) is 0 Å². The largest absolute Gasteiger partial charge is 0.272 e. The van der Waals surface area contributed by atoms with Crippen molar-refractivity contribution in [2.75, 3.05) is 0 Å². The second kappa shape index (κ2) is 3.71. The first-order chi connectivity index (χ1) is 6.70. The zero-order valence-electron chi connectivity index (χ0n) is 7.41. The molecular weight excluding hydrogens is 265 g/mol. The molecule has 0 aliphatic rings. The molecule has 5 heteroatoms. The summed E-state index contributed by atoms with van der Waals surface area (Å²) >= 11 is 9.33. The van der Waals surface area contributed by atoms with Crippen molar-refractivity contribution in [2.24, 2.45) is 0 Å². The van der Waals surface area contributed by atoms with Crippen LogP contribution >= 0.6 is 27.5 Å². The third-order valence-electron chi connectivity index (χ3n) is 2.00. The van der Waals surface area contributed by atoms with Gasteiger partial charge in [0.2, 0.25) is 5.28 Å². The Balaban J connectivity index is 2.63. The minimum absolute atomic E-state index is 0.367. The Kier molecular flexibility index (Phi) is 2.56. The molecule has 3 nitrogen and oxygen atoms in total. The Morgan fingerprint density at radius 1 is 1.43 bits per heavy atom. The topological polar surface area (TPSA) is 30.7 Å². The molecule has 0 atom stereocenters. The Labute approximate surface area is 94.9 Å². The molecule has 2 rings (SSSR count). The van der Waals surface area contributed by atoms with Gasteiger partial charge in [0.15, 0.2) is 0 Å². The summed E-state index contributed by atoms with van der Waals surface area (Å²) in [4.78, 5) is 0. The zero-order chi connectivity index (χ0) is 10.1. The molecule has 1 heterocycles. The van der Waals surface area contributed by atoms with Gasteiger partial charge in [0, 0.05) is 4.47 Å². The predicted octanol–water partition coefficient (Wildman–Crippen LogP) is 2.99. The minimum Gasteiger partial charge on any atom is -0.272 e. The highest BCUT2D eigenvalue weighted by atomic mass is 79.9. The van der Waals surface area contributed by atoms with E-state index in [1.165, 1.54) is 0 Å². The van der Waals surface area contributed by atoms with Crippen LogP contribution in [0.3, 0.4) is 0 Å². The summed E-state index contributed by atoms with van der Waals surface area (Å²) in [6.07, 6.45) is 1.59. The highest BCUT2D eigenvalue weighted by molar-refractivity contribution is 9.10. The van der Waals surface area contributed by atoms with Crippen LogP contribution in [0.25, 0.3) is 5.69 Å². The first-order valence-electron chi connectivity index (χ1n) is 4.01. The fraction of sp³-hybridized carbons (Fsp3) is 0.111. The van der Waals surface area contributed by atoms with E-state index in [9.17, 15) is 0 Å². The highest BCUT2D eigenvalue weighted by Crippen LogP contribution is 2.24. The molecule has 2 aromatic rings. The van der Waals surface area contributed by atoms with Gasteiger partial charge in [-0.05, 0) is 36.2 Å². The first-order valence-corrected chi connectivity index (χ1v) is 5.18. The van der Waals surface area contributed by atoms with Crippen LogP contribution in [0.4, 0.5) is 0 Å². The van der Waals surface area contributed by atoms with Crippen molar-refractivity contribution in [1.82, 2.24) is 14.8 Å². The maximum Gasteiger partial charge on any atom is 0.229 e. The smallest absolute Gasteiger partial charge is 0.229 e. The summed E-state index contributed by atoms with van der Waals surface area (Å²) in [6, 6.07) is 5.90. The minimum atomic E-state index is 0.367. The van der Waals surface area contributed by atoms with Gasteiger partial charge in [-0.2, -0.15) is 0 Å². The molecule has 0 unspecified atom stereocenters. The van der Waals surface area contributed by atoms with Crippen molar-refractivity contribution in [2.45, 2.75) is 6.92 Å². The number of rotatable bonds is 1. The molecule has 0 amide bonds. The number of benzene rings is 1. The Hall–Kier alpha value is -0.870. The van der Waals surface area contributed by atoms with Crippen LogP contribution < -0.4 is 0 Å². The van der Waals surface area contributed by atoms with E-state index in [0.717, 1.165) is 15.7 Å². The van der Waals surface area contributed by atoms with Crippen LogP contribution in [-0.2, 0) is 0 Å². The number of hydrogen-bond donors (Lipinski definition) is 0. The number of nitrogens with zero attached hydrogens (tertiary/aromatic N) is 3. The molecular formula is C9H7BrClN3. The van der Waals surface area contributed by atoms with Crippen molar-refractivity contribution in [3.05, 3.63) is 39.8 Å². The molecule has 0 saturated heterocycles. The summed E-state index contributed by atoms with van der Waals surface area (Å²) in [7, 11) is 0. The van der Waals surface area contributed by atoms with E-state index >= 15 is 0 Å². The monoisotopic (exact) mass is 271 g/mol. The Bertz CT molecular complexity index is 467. The van der Waals surface area contributed by atoms with E-state index in [-0.39, 0.29) is 0 Å². The van der Waals surface area contributed by atoms with E-state index in [0.29, 0.717) is 5.28 Å². The molecule has 0 radical (unpaired) electrons. The summed E-state index contributed by atoms with van der Waals surface area (Å²) in [5, 5.41) is 7.83. The SMILES string of the molecule is Cc1c(Br)cccc1-n1cnnc1Cl. The third kappa shape index (κ3) is 1.55. The average molecular weight is 273 g/mol. The molecule has 0 bridgehead atoms. The molecule has 0 aliphatic carbocycles. The highest BCUT2D eigenvalue weighted by Gasteiger charge is 2.07. The average Bonchev–Trinajstić information content (AvgIpc) is 2.57. The van der Waals surface area contributed by atoms with E-state index < -0.39 is 0 Å². The van der Waals surface area contributed by atoms with Gasteiger partial charge in [-0.15, -0.1) is 10.2 Å². The molecule has 0 aliphatic heterocycles. The Morgan fingerprint density at radius 2 is 2.21 bits per heavy atom. The van der Waals surface area contributed by atoms with Gasteiger partial charge < -0.3 is 0 Å². The lowest BCUT2D eigenvalue weighted by molar-refractivity contribution is 1.04. The van der Waals surface area contributed by atoms with Crippen LogP contribution in [0.15, 0.2) is 29.0 Å². The normalized spacial score (nSPS) is 10.5. The predicted molar refractivity (Wildman–Crippen MR) is 58.8 cm³/mol. The van der Waals surface area contributed by atoms with Crippen LogP contribution in [0.2, 0.25) is 5.28 Å². The second-order valence-corrected chi connectivity index (χ2v) is 4.05. The molecule has 0 saturated carbocycles. The van der Waals surface area contributed by atoms with Gasteiger partial charge in [-0.25, -0.2) is 0 Å². The molecule has 72 valence electrons. The van der Waals surface area contributed by atoms with Gasteiger partial charge >= 0.3 is 0 Å². The van der Waals surface area contributed by atoms with Gasteiger partial charge in [0.05, 0.1) is 5.69 Å². The lowest BCUT2D eigenvalue weighted by Gasteiger charge is -2.07. The van der Waals surface area contributed by atoms with Crippen LogP contribution in [0.1, 0.15) is 5.56 Å². The summed E-state index contributed by atoms with van der Waals surface area (Å²) in [5.74, 6) is 0. The van der Waals surface area contributed by atoms with E-state index in [1.54, 1.807) is 10.9 Å². The summed E-state index contributed by atoms with van der Waals surface area (Å²) in [6.45, 7) is 2.01. The van der Waals surface area contributed by atoms with Crippen molar-refractivity contribution >= 4 is 27.5 Å². The molecule has 0 N–H and O–H groups in total. The lowest BCUT2D eigenvalue weighted by Crippen LogP contribution is -1.95. The number of hydrogen-bond acceptors (Lipinski definition) is 2. The number of aromatic nitrogens is 3. The van der Waals surface area contributed by atoms with Crippen molar-refractivity contribution < 1.29 is 0 Å². The van der Waals surface area contributed by atoms with Gasteiger partial charge in [-0.1, -0.05) is 22.0 Å². The van der Waals surface area contributed by atoms with Crippen LogP contribution in [0.5, 0.6) is 0 Å². The maximum atomic E-state index is 5.87. The fourth-order valence-corrected chi connectivity index (χ4v) is 1.77. The van der Waals surface area contributed by atoms with Crippen LogP contribution in [-0.4, -0.2) is 14.8 Å². The summed E-state index contributed by atoms with van der Waals surface area (Å²) in [5.41, 5.74) is 2.09. The molecule has 1 aromatic carbocycles. The number of halogens is 2. The maximum absolute atomic E-state index is 5.87. The molecule has 0 spiro atoms. The fourth-order valence-electron chi connectivity index (χ4n) is 1.24. The summed E-state index contributed by atoms with van der Waals surface area (Å²) < 4.78 is 2.78. The second-order valence-electron chi connectivity index (χ2n) is 2.85. The van der Waals surface area contributed by atoms with Crippen molar-refractivity contribution in [3.63, 3.8) is 0 Å². The Morgan fingerprint density at radius 3 is 2.86 bits per heavy atom. The van der Waals surface area contributed by atoms with E-state index in [4.69, 9.17) is 11.6 Å². The molecule has 1 aromatic heterocycles. The lowest BCUT2D eigenvalue weighted by atomic mass is 10.2. The molecule has 14 heavy (non-hydrogen) atoms. The van der Waals surface area contributed by atoms with Crippen LogP contribution in [0, 0.1) is 6.92 Å². The van der Waals surface area contributed by atoms with E-state index in [2.05, 4.69) is 26.1 Å². The third-order valence-corrected chi connectivity index (χ3v) is 3.12. The molecule has 0 fully saturated rings. The standard InChI is InChI=1S/C9H7BrClN3/c1-6-7(10)3-2-4-8(6)14-5-12-13-9(14)11/h2-5H,1H3. The zero-order valence-corrected chi connectivity index (χ0v) is 9.75. The van der Waals surface area contributed by atoms with Gasteiger partial charge in [0.25, 0.3) is 0 Å². The quantitative estimate of drug-likeness (QED) is 0.799. The first kappa shape index (κ1) is 9.68. The van der Waals surface area contributed by atoms with E-state index in [1.807, 2.05) is 25.1 Å². The van der Waals surface area contributed by atoms with Gasteiger partial charge in [0.1, 0.15) is 6.33 Å². The van der Waals surface area contributed by atoms with Crippen molar-refractivity contribution in [3.8, 4) is 5.69 Å². The van der Waals surface area contributed by atoms with Gasteiger partial charge in [-0.3, -0.25) is 4.57 Å².